The zero-order valence-electron chi connectivity index (χ0n) is 17.6. The number of halogens is 2. The molecule has 2 amide bonds. The second-order valence-electron chi connectivity index (χ2n) is 8.07. The van der Waals surface area contributed by atoms with Crippen LogP contribution in [0, 0.1) is 12.7 Å². The summed E-state index contributed by atoms with van der Waals surface area (Å²) in [5.41, 5.74) is 1.93. The van der Waals surface area contributed by atoms with E-state index in [9.17, 15) is 14.0 Å². The van der Waals surface area contributed by atoms with Gasteiger partial charge in [0.2, 0.25) is 0 Å². The molecule has 0 saturated carbocycles. The molecule has 0 saturated heterocycles. The fourth-order valence-corrected chi connectivity index (χ4v) is 3.48. The first-order chi connectivity index (χ1) is 14.7. The van der Waals surface area contributed by atoms with E-state index in [0.717, 1.165) is 11.1 Å². The van der Waals surface area contributed by atoms with Crippen molar-refractivity contribution in [3.8, 4) is 0 Å². The first-order valence-corrected chi connectivity index (χ1v) is 10.3. The Morgan fingerprint density at radius 2 is 1.65 bits per heavy atom. The molecule has 2 N–H and O–H groups in total. The van der Waals surface area contributed by atoms with Gasteiger partial charge in [-0.2, -0.15) is 0 Å². The summed E-state index contributed by atoms with van der Waals surface area (Å²) in [6, 6.07) is 18.3. The van der Waals surface area contributed by atoms with Crippen molar-refractivity contribution in [2.45, 2.75) is 32.7 Å². The molecule has 0 radical (unpaired) electrons. The zero-order chi connectivity index (χ0) is 22.6. The lowest BCUT2D eigenvalue weighted by Gasteiger charge is -2.27. The Bertz CT molecular complexity index is 1130. The fourth-order valence-electron chi connectivity index (χ4n) is 3.27. The van der Waals surface area contributed by atoms with Gasteiger partial charge in [0.1, 0.15) is 5.82 Å². The molecule has 0 aliphatic heterocycles. The van der Waals surface area contributed by atoms with Crippen LogP contribution in [0.15, 0.2) is 66.7 Å². The molecule has 0 bridgehead atoms. The maximum atomic E-state index is 13.9. The van der Waals surface area contributed by atoms with Crippen LogP contribution in [0.3, 0.4) is 0 Å². The second kappa shape index (κ2) is 9.31. The van der Waals surface area contributed by atoms with Crippen LogP contribution in [0.5, 0.6) is 0 Å². The van der Waals surface area contributed by atoms with Crippen molar-refractivity contribution in [3.63, 3.8) is 0 Å². The summed E-state index contributed by atoms with van der Waals surface area (Å²) in [7, 11) is 0. The number of anilines is 1. The third-order valence-corrected chi connectivity index (χ3v) is 5.28. The van der Waals surface area contributed by atoms with Crippen molar-refractivity contribution in [3.05, 3.63) is 99.8 Å². The molecule has 0 unspecified atom stereocenters. The Morgan fingerprint density at radius 3 is 2.35 bits per heavy atom. The number of amides is 2. The average Bonchev–Trinajstić information content (AvgIpc) is 2.71. The monoisotopic (exact) mass is 438 g/mol. The molecule has 0 aliphatic carbocycles. The van der Waals surface area contributed by atoms with Gasteiger partial charge in [-0.3, -0.25) is 9.59 Å². The summed E-state index contributed by atoms with van der Waals surface area (Å²) in [5.74, 6) is -1.45. The number of rotatable bonds is 6. The normalized spacial score (nSPS) is 11.1. The minimum absolute atomic E-state index is 0.0578. The number of aryl methyl sites for hydroxylation is 1. The van der Waals surface area contributed by atoms with E-state index in [0.29, 0.717) is 22.7 Å². The highest BCUT2D eigenvalue weighted by molar-refractivity contribution is 6.31. The lowest BCUT2D eigenvalue weighted by Crippen LogP contribution is -2.45. The van der Waals surface area contributed by atoms with Crippen LogP contribution in [-0.4, -0.2) is 17.4 Å². The number of hydrogen-bond acceptors (Lipinski definition) is 2. The SMILES string of the molecule is Cc1ccc(C(=O)NC(C)(C)Cc2ccccc2Cl)cc1NC(=O)c1ccccc1F. The van der Waals surface area contributed by atoms with Crippen LogP contribution in [-0.2, 0) is 6.42 Å². The molecule has 0 spiro atoms. The molecule has 6 heteroatoms. The average molecular weight is 439 g/mol. The van der Waals surface area contributed by atoms with E-state index in [1.54, 1.807) is 31.2 Å². The molecular weight excluding hydrogens is 415 g/mol. The van der Waals surface area contributed by atoms with Crippen molar-refractivity contribution in [2.75, 3.05) is 5.32 Å². The topological polar surface area (TPSA) is 58.2 Å². The van der Waals surface area contributed by atoms with Gasteiger partial charge in [0, 0.05) is 21.8 Å². The van der Waals surface area contributed by atoms with E-state index >= 15 is 0 Å². The van der Waals surface area contributed by atoms with E-state index in [1.165, 1.54) is 18.2 Å². The van der Waals surface area contributed by atoms with E-state index in [2.05, 4.69) is 10.6 Å². The Hall–Kier alpha value is -3.18. The van der Waals surface area contributed by atoms with Crippen molar-refractivity contribution in [1.29, 1.82) is 0 Å². The first kappa shape index (κ1) is 22.5. The quantitative estimate of drug-likeness (QED) is 0.511. The van der Waals surface area contributed by atoms with Gasteiger partial charge in [-0.25, -0.2) is 4.39 Å². The molecular formula is C25H24ClFN2O2. The lowest BCUT2D eigenvalue weighted by molar-refractivity contribution is 0.0912. The van der Waals surface area contributed by atoms with Crippen LogP contribution in [0.1, 0.15) is 45.7 Å². The lowest BCUT2D eigenvalue weighted by atomic mass is 9.94. The van der Waals surface area contributed by atoms with Gasteiger partial charge in [0.05, 0.1) is 5.56 Å². The minimum atomic E-state index is -0.604. The van der Waals surface area contributed by atoms with Crippen molar-refractivity contribution in [1.82, 2.24) is 5.32 Å². The van der Waals surface area contributed by atoms with Gasteiger partial charge in [-0.15, -0.1) is 0 Å². The zero-order valence-corrected chi connectivity index (χ0v) is 18.4. The predicted octanol–water partition coefficient (Wildman–Crippen LogP) is 5.79. The number of nitrogens with one attached hydrogen (secondary N) is 2. The van der Waals surface area contributed by atoms with Gasteiger partial charge >= 0.3 is 0 Å². The number of carbonyl (C=O) groups excluding carboxylic acids is 2. The molecule has 160 valence electrons. The summed E-state index contributed by atoms with van der Waals surface area (Å²) >= 11 is 6.25. The van der Waals surface area contributed by atoms with Crippen LogP contribution in [0.25, 0.3) is 0 Å². The third-order valence-electron chi connectivity index (χ3n) is 4.91. The number of carbonyl (C=O) groups is 2. The fraction of sp³-hybridized carbons (Fsp3) is 0.200. The second-order valence-corrected chi connectivity index (χ2v) is 8.48. The maximum Gasteiger partial charge on any atom is 0.258 e. The Balaban J connectivity index is 1.76. The number of hydrogen-bond donors (Lipinski definition) is 2. The highest BCUT2D eigenvalue weighted by Crippen LogP contribution is 2.23. The molecule has 31 heavy (non-hydrogen) atoms. The van der Waals surface area contributed by atoms with Crippen LogP contribution >= 0.6 is 11.6 Å². The standard InChI is InChI=1S/C25H24ClFN2O2/c1-16-12-13-17(14-22(16)28-24(31)19-9-5-7-11-21(19)27)23(30)29-25(2,3)15-18-8-4-6-10-20(18)26/h4-14H,15H2,1-3H3,(H,28,31)(H,29,30). The summed E-state index contributed by atoms with van der Waals surface area (Å²) in [6.45, 7) is 5.65. The Morgan fingerprint density at radius 1 is 0.968 bits per heavy atom. The van der Waals surface area contributed by atoms with E-state index < -0.39 is 17.3 Å². The molecule has 3 aromatic rings. The smallest absolute Gasteiger partial charge is 0.258 e. The summed E-state index contributed by atoms with van der Waals surface area (Å²) in [6.07, 6.45) is 0.557. The van der Waals surface area contributed by atoms with Crippen LogP contribution in [0.4, 0.5) is 10.1 Å². The number of benzene rings is 3. The van der Waals surface area contributed by atoms with Crippen molar-refractivity contribution >= 4 is 29.1 Å². The Kier molecular flexibility index (Phi) is 6.76. The van der Waals surface area contributed by atoms with Gasteiger partial charge in [0.25, 0.3) is 11.8 Å². The molecule has 0 heterocycles. The van der Waals surface area contributed by atoms with E-state index in [1.807, 2.05) is 38.1 Å². The minimum Gasteiger partial charge on any atom is -0.347 e. The molecule has 3 aromatic carbocycles. The van der Waals surface area contributed by atoms with Gasteiger partial charge < -0.3 is 10.6 Å². The van der Waals surface area contributed by atoms with Gasteiger partial charge in [0.15, 0.2) is 0 Å². The van der Waals surface area contributed by atoms with E-state index in [4.69, 9.17) is 11.6 Å². The van der Waals surface area contributed by atoms with Crippen LogP contribution < -0.4 is 10.6 Å². The highest BCUT2D eigenvalue weighted by Gasteiger charge is 2.23. The van der Waals surface area contributed by atoms with E-state index in [-0.39, 0.29) is 11.5 Å². The summed E-state index contributed by atoms with van der Waals surface area (Å²) < 4.78 is 13.9. The van der Waals surface area contributed by atoms with Gasteiger partial charge in [-0.05, 0) is 68.7 Å². The summed E-state index contributed by atoms with van der Waals surface area (Å²) in [5, 5.41) is 6.37. The third kappa shape index (κ3) is 5.70. The summed E-state index contributed by atoms with van der Waals surface area (Å²) in [4.78, 5) is 25.4. The molecule has 0 atom stereocenters. The van der Waals surface area contributed by atoms with Crippen LogP contribution in [0.2, 0.25) is 5.02 Å². The Labute approximate surface area is 186 Å². The molecule has 0 aromatic heterocycles. The molecule has 3 rings (SSSR count). The highest BCUT2D eigenvalue weighted by atomic mass is 35.5. The predicted molar refractivity (Wildman–Crippen MR) is 122 cm³/mol. The molecule has 0 fully saturated rings. The van der Waals surface area contributed by atoms with Gasteiger partial charge in [-0.1, -0.05) is 48.0 Å². The van der Waals surface area contributed by atoms with Crippen molar-refractivity contribution in [2.24, 2.45) is 0 Å². The molecule has 4 nitrogen and oxygen atoms in total. The maximum absolute atomic E-state index is 13.9. The first-order valence-electron chi connectivity index (χ1n) is 9.89. The largest absolute Gasteiger partial charge is 0.347 e. The van der Waals surface area contributed by atoms with Crippen molar-refractivity contribution < 1.29 is 14.0 Å². The molecule has 0 aliphatic rings.